The predicted octanol–water partition coefficient (Wildman–Crippen LogP) is 2.80. The van der Waals surface area contributed by atoms with Crippen molar-refractivity contribution in [2.24, 2.45) is 0 Å². The number of halogens is 1. The van der Waals surface area contributed by atoms with Gasteiger partial charge in [0.05, 0.1) is 11.5 Å². The first kappa shape index (κ1) is 14.7. The minimum atomic E-state index is -0.418. The van der Waals surface area contributed by atoms with Crippen molar-refractivity contribution in [3.05, 3.63) is 33.9 Å². The van der Waals surface area contributed by atoms with Gasteiger partial charge in [-0.05, 0) is 18.6 Å². The number of hydrogen-bond acceptors (Lipinski definition) is 4. The van der Waals surface area contributed by atoms with Gasteiger partial charge in [0.25, 0.3) is 5.69 Å². The van der Waals surface area contributed by atoms with Crippen LogP contribution in [0, 0.1) is 10.1 Å². The van der Waals surface area contributed by atoms with Crippen molar-refractivity contribution in [3.63, 3.8) is 0 Å². The summed E-state index contributed by atoms with van der Waals surface area (Å²) in [6, 6.07) is 4.89. The van der Waals surface area contributed by atoms with Gasteiger partial charge in [0.15, 0.2) is 0 Å². The lowest BCUT2D eigenvalue weighted by Crippen LogP contribution is -2.33. The molecule has 0 aliphatic heterocycles. The van der Waals surface area contributed by atoms with Crippen LogP contribution in [0.4, 0.5) is 11.4 Å². The number of rotatable bonds is 6. The Morgan fingerprint density at radius 1 is 1.56 bits per heavy atom. The fraction of sp³-hybridized carbons (Fsp3) is 0.500. The zero-order chi connectivity index (χ0) is 13.7. The zero-order valence-corrected chi connectivity index (χ0v) is 11.5. The molecule has 0 aromatic heterocycles. The molecule has 0 heterocycles. The van der Waals surface area contributed by atoms with Crippen LogP contribution in [-0.4, -0.2) is 31.7 Å². The number of methoxy groups -OCH3 is 1. The van der Waals surface area contributed by atoms with E-state index in [0.717, 1.165) is 11.3 Å². The van der Waals surface area contributed by atoms with Gasteiger partial charge in [0, 0.05) is 43.9 Å². The van der Waals surface area contributed by atoms with E-state index in [0.29, 0.717) is 6.61 Å². The average Bonchev–Trinajstić information content (AvgIpc) is 2.37. The summed E-state index contributed by atoms with van der Waals surface area (Å²) in [5.41, 5.74) is 1.69. The van der Waals surface area contributed by atoms with Crippen LogP contribution in [0.1, 0.15) is 12.5 Å². The van der Waals surface area contributed by atoms with Gasteiger partial charge in [0.1, 0.15) is 0 Å². The zero-order valence-electron chi connectivity index (χ0n) is 10.7. The largest absolute Gasteiger partial charge is 0.383 e. The number of ether oxygens (including phenoxy) is 1. The molecule has 0 N–H and O–H groups in total. The summed E-state index contributed by atoms with van der Waals surface area (Å²) in [5.74, 6) is 0.237. The summed E-state index contributed by atoms with van der Waals surface area (Å²) in [6.45, 7) is 2.60. The number of alkyl halides is 1. The third-order valence-corrected chi connectivity index (χ3v) is 3.15. The highest BCUT2D eigenvalue weighted by atomic mass is 35.5. The molecule has 1 atom stereocenters. The summed E-state index contributed by atoms with van der Waals surface area (Å²) < 4.78 is 5.10. The minimum Gasteiger partial charge on any atom is -0.383 e. The lowest BCUT2D eigenvalue weighted by Gasteiger charge is -2.28. The van der Waals surface area contributed by atoms with Crippen LogP contribution < -0.4 is 4.90 Å². The van der Waals surface area contributed by atoms with Crippen LogP contribution in [0.2, 0.25) is 0 Å². The second kappa shape index (κ2) is 6.56. The van der Waals surface area contributed by atoms with Crippen molar-refractivity contribution < 1.29 is 9.66 Å². The molecular formula is C12H17ClN2O3. The van der Waals surface area contributed by atoms with E-state index in [1.807, 2.05) is 18.9 Å². The highest BCUT2D eigenvalue weighted by Gasteiger charge is 2.16. The molecule has 0 amide bonds. The second-order valence-electron chi connectivity index (χ2n) is 4.12. The number of benzene rings is 1. The van der Waals surface area contributed by atoms with Crippen LogP contribution in [0.15, 0.2) is 18.2 Å². The molecule has 0 bridgehead atoms. The van der Waals surface area contributed by atoms with Gasteiger partial charge in [-0.25, -0.2) is 0 Å². The van der Waals surface area contributed by atoms with E-state index < -0.39 is 4.92 Å². The third-order valence-electron chi connectivity index (χ3n) is 2.87. The van der Waals surface area contributed by atoms with Crippen LogP contribution in [0.25, 0.3) is 0 Å². The predicted molar refractivity (Wildman–Crippen MR) is 72.4 cm³/mol. The Hall–Kier alpha value is -1.33. The number of nitro groups is 1. The van der Waals surface area contributed by atoms with Crippen molar-refractivity contribution >= 4 is 23.0 Å². The molecule has 1 aromatic rings. The highest BCUT2D eigenvalue weighted by Crippen LogP contribution is 2.27. The van der Waals surface area contributed by atoms with Crippen LogP contribution in [0.5, 0.6) is 0 Å². The summed E-state index contributed by atoms with van der Waals surface area (Å²) in [7, 11) is 3.56. The Bertz CT molecular complexity index is 426. The molecule has 0 spiro atoms. The first-order valence-corrected chi connectivity index (χ1v) is 6.09. The number of hydrogen-bond donors (Lipinski definition) is 0. The third kappa shape index (κ3) is 3.34. The molecular weight excluding hydrogens is 256 g/mol. The Kier molecular flexibility index (Phi) is 5.37. The second-order valence-corrected chi connectivity index (χ2v) is 4.39. The Morgan fingerprint density at radius 3 is 2.72 bits per heavy atom. The van der Waals surface area contributed by atoms with Gasteiger partial charge in [-0.3, -0.25) is 10.1 Å². The first-order chi connectivity index (χ1) is 8.51. The smallest absolute Gasteiger partial charge is 0.269 e. The molecule has 0 radical (unpaired) electrons. The van der Waals surface area contributed by atoms with Crippen molar-refractivity contribution in [2.45, 2.75) is 18.8 Å². The number of anilines is 1. The summed E-state index contributed by atoms with van der Waals surface area (Å²) >= 11 is 5.85. The van der Waals surface area contributed by atoms with Crippen molar-refractivity contribution in [3.8, 4) is 0 Å². The number of likely N-dealkylation sites (N-methyl/N-ethyl adjacent to an activating group) is 1. The van der Waals surface area contributed by atoms with E-state index in [9.17, 15) is 10.1 Å². The molecule has 0 saturated heterocycles. The summed E-state index contributed by atoms with van der Waals surface area (Å²) in [4.78, 5) is 12.3. The Balaban J connectivity index is 3.05. The van der Waals surface area contributed by atoms with Gasteiger partial charge in [-0.1, -0.05) is 0 Å². The molecule has 6 heteroatoms. The van der Waals surface area contributed by atoms with Crippen LogP contribution in [-0.2, 0) is 10.6 Å². The fourth-order valence-corrected chi connectivity index (χ4v) is 1.94. The Labute approximate surface area is 111 Å². The molecule has 100 valence electrons. The Morgan fingerprint density at radius 2 is 2.22 bits per heavy atom. The molecule has 18 heavy (non-hydrogen) atoms. The fourth-order valence-electron chi connectivity index (χ4n) is 1.73. The van der Waals surface area contributed by atoms with Gasteiger partial charge in [0.2, 0.25) is 0 Å². The maximum atomic E-state index is 10.7. The van der Waals surface area contributed by atoms with Crippen molar-refractivity contribution in [1.29, 1.82) is 0 Å². The molecule has 0 fully saturated rings. The quantitative estimate of drug-likeness (QED) is 0.454. The van der Waals surface area contributed by atoms with Crippen molar-refractivity contribution in [2.75, 3.05) is 25.7 Å². The van der Waals surface area contributed by atoms with E-state index in [2.05, 4.69) is 0 Å². The molecule has 0 saturated carbocycles. The number of non-ortho nitro benzene ring substituents is 1. The number of nitrogens with zero attached hydrogens (tertiary/aromatic N) is 2. The van der Waals surface area contributed by atoms with E-state index in [1.165, 1.54) is 12.1 Å². The van der Waals surface area contributed by atoms with E-state index in [1.54, 1.807) is 13.2 Å². The normalized spacial score (nSPS) is 12.2. The maximum Gasteiger partial charge on any atom is 0.269 e. The molecule has 0 aliphatic carbocycles. The molecule has 1 unspecified atom stereocenters. The van der Waals surface area contributed by atoms with Gasteiger partial charge >= 0.3 is 0 Å². The van der Waals surface area contributed by atoms with Crippen molar-refractivity contribution in [1.82, 2.24) is 0 Å². The van der Waals surface area contributed by atoms with Gasteiger partial charge < -0.3 is 9.64 Å². The monoisotopic (exact) mass is 272 g/mol. The van der Waals surface area contributed by atoms with Crippen LogP contribution >= 0.6 is 11.6 Å². The van der Waals surface area contributed by atoms with E-state index in [-0.39, 0.29) is 17.6 Å². The van der Waals surface area contributed by atoms with Crippen LogP contribution in [0.3, 0.4) is 0 Å². The minimum absolute atomic E-state index is 0.0576. The standard InChI is InChI=1S/C12H17ClN2O3/c1-9(8-18-3)14(2)12-5-4-11(15(16)17)6-10(12)7-13/h4-6,9H,7-8H2,1-3H3. The SMILES string of the molecule is COCC(C)N(C)c1ccc([N+](=O)[O-])cc1CCl. The maximum absolute atomic E-state index is 10.7. The summed E-state index contributed by atoms with van der Waals surface area (Å²) in [5, 5.41) is 10.7. The topological polar surface area (TPSA) is 55.6 Å². The molecule has 1 aromatic carbocycles. The van der Waals surface area contributed by atoms with E-state index in [4.69, 9.17) is 16.3 Å². The number of nitro benzene ring substituents is 1. The summed E-state index contributed by atoms with van der Waals surface area (Å²) in [6.07, 6.45) is 0. The average molecular weight is 273 g/mol. The first-order valence-electron chi connectivity index (χ1n) is 5.56. The molecule has 0 aliphatic rings. The highest BCUT2D eigenvalue weighted by molar-refractivity contribution is 6.17. The van der Waals surface area contributed by atoms with Gasteiger partial charge in [-0.15, -0.1) is 11.6 Å². The lowest BCUT2D eigenvalue weighted by atomic mass is 10.1. The van der Waals surface area contributed by atoms with Gasteiger partial charge in [-0.2, -0.15) is 0 Å². The molecule has 5 nitrogen and oxygen atoms in total. The van der Waals surface area contributed by atoms with E-state index >= 15 is 0 Å². The lowest BCUT2D eigenvalue weighted by molar-refractivity contribution is -0.384. The molecule has 1 rings (SSSR count).